The van der Waals surface area contributed by atoms with Crippen LogP contribution in [0.3, 0.4) is 0 Å². The SMILES string of the molecule is CC(=O)[O-].O=CO.[Ag+]. The van der Waals surface area contributed by atoms with E-state index in [9.17, 15) is 0 Å². The molecule has 4 nitrogen and oxygen atoms in total. The summed E-state index contributed by atoms with van der Waals surface area (Å²) >= 11 is 0. The van der Waals surface area contributed by atoms with Crippen LogP contribution in [-0.2, 0) is 32.0 Å². The Morgan fingerprint density at radius 1 is 1.75 bits per heavy atom. The van der Waals surface area contributed by atoms with E-state index in [0.29, 0.717) is 0 Å². The van der Waals surface area contributed by atoms with Gasteiger partial charge in [-0.05, 0) is 6.92 Å². The van der Waals surface area contributed by atoms with E-state index in [1.807, 2.05) is 0 Å². The zero-order chi connectivity index (χ0) is 6.28. The molecule has 0 saturated heterocycles. The van der Waals surface area contributed by atoms with Gasteiger partial charge in [0.05, 0.1) is 0 Å². The van der Waals surface area contributed by atoms with Gasteiger partial charge in [0.15, 0.2) is 0 Å². The molecule has 0 aromatic carbocycles. The minimum Gasteiger partial charge on any atom is -0.550 e. The molecule has 0 unspecified atom stereocenters. The summed E-state index contributed by atoms with van der Waals surface area (Å²) in [7, 11) is 0. The molecule has 52 valence electrons. The van der Waals surface area contributed by atoms with Gasteiger partial charge in [0, 0.05) is 5.97 Å². The first-order valence-electron chi connectivity index (χ1n) is 1.40. The van der Waals surface area contributed by atoms with E-state index in [4.69, 9.17) is 19.8 Å². The van der Waals surface area contributed by atoms with Crippen molar-refractivity contribution in [1.29, 1.82) is 0 Å². The van der Waals surface area contributed by atoms with Crippen LogP contribution < -0.4 is 5.11 Å². The number of hydrogen-bond acceptors (Lipinski definition) is 3. The molecule has 0 atom stereocenters. The van der Waals surface area contributed by atoms with E-state index in [-0.39, 0.29) is 28.9 Å². The Kier molecular flexibility index (Phi) is 31.1. The van der Waals surface area contributed by atoms with Crippen LogP contribution in [0.1, 0.15) is 6.92 Å². The zero-order valence-corrected chi connectivity index (χ0v) is 5.53. The molecule has 1 N–H and O–H groups in total. The maximum absolute atomic E-state index is 8.89. The minimum absolute atomic E-state index is 0. The molecule has 0 amide bonds. The second-order valence-corrected chi connectivity index (χ2v) is 0.597. The Morgan fingerprint density at radius 2 is 1.75 bits per heavy atom. The largest absolute Gasteiger partial charge is 1.00 e. The summed E-state index contributed by atoms with van der Waals surface area (Å²) in [6.45, 7) is 0.722. The molecule has 0 radical (unpaired) electrons. The van der Waals surface area contributed by atoms with Crippen molar-refractivity contribution < 1.29 is 42.2 Å². The Balaban J connectivity index is -0.0000000575. The van der Waals surface area contributed by atoms with Crippen molar-refractivity contribution in [2.75, 3.05) is 0 Å². The van der Waals surface area contributed by atoms with Crippen LogP contribution in [0.4, 0.5) is 0 Å². The van der Waals surface area contributed by atoms with Crippen LogP contribution in [0.25, 0.3) is 0 Å². The predicted octanol–water partition coefficient (Wildman–Crippen LogP) is -1.55. The summed E-state index contributed by atoms with van der Waals surface area (Å²) < 4.78 is 0. The molecule has 0 aromatic heterocycles. The van der Waals surface area contributed by atoms with E-state index >= 15 is 0 Å². The van der Waals surface area contributed by atoms with Crippen molar-refractivity contribution in [3.8, 4) is 0 Å². The first-order valence-corrected chi connectivity index (χ1v) is 1.40. The van der Waals surface area contributed by atoms with Crippen LogP contribution >= 0.6 is 0 Å². The molecular weight excluding hydrogens is 208 g/mol. The topological polar surface area (TPSA) is 77.4 Å². The van der Waals surface area contributed by atoms with Gasteiger partial charge in [-0.1, -0.05) is 0 Å². The Bertz CT molecular complexity index is 58.3. The molecular formula is C3H5AgO4. The molecule has 0 bridgehead atoms. The van der Waals surface area contributed by atoms with E-state index in [0.717, 1.165) is 6.92 Å². The smallest absolute Gasteiger partial charge is 0.550 e. The number of carboxylic acids is 1. The van der Waals surface area contributed by atoms with Crippen LogP contribution in [0, 0.1) is 0 Å². The third-order valence-corrected chi connectivity index (χ3v) is 0. The van der Waals surface area contributed by atoms with Crippen molar-refractivity contribution in [2.45, 2.75) is 6.92 Å². The van der Waals surface area contributed by atoms with E-state index in [1.165, 1.54) is 0 Å². The first kappa shape index (κ1) is 15.6. The number of carbonyl (C=O) groups is 2. The van der Waals surface area contributed by atoms with Crippen molar-refractivity contribution in [2.24, 2.45) is 0 Å². The minimum atomic E-state index is -1.08. The molecule has 5 heteroatoms. The molecule has 0 rings (SSSR count). The van der Waals surface area contributed by atoms with Gasteiger partial charge in [0.25, 0.3) is 6.47 Å². The summed E-state index contributed by atoms with van der Waals surface area (Å²) in [6.07, 6.45) is 0. The van der Waals surface area contributed by atoms with Gasteiger partial charge in [0.2, 0.25) is 0 Å². The molecule has 0 fully saturated rings. The molecule has 0 aliphatic rings. The number of hydrogen-bond donors (Lipinski definition) is 1. The van der Waals surface area contributed by atoms with E-state index in [1.54, 1.807) is 0 Å². The number of aliphatic carboxylic acids is 1. The standard InChI is InChI=1S/C2H4O2.CH2O2.Ag/c1-2(3)4;2-1-3;/h1H3,(H,3,4);1H,(H,2,3);/q;;+1/p-1. The van der Waals surface area contributed by atoms with Gasteiger partial charge in [-0.15, -0.1) is 0 Å². The Labute approximate surface area is 62.0 Å². The first-order chi connectivity index (χ1) is 3.15. The average Bonchev–Trinajstić information content (AvgIpc) is 1.33. The van der Waals surface area contributed by atoms with Crippen LogP contribution in [0.2, 0.25) is 0 Å². The summed E-state index contributed by atoms with van der Waals surface area (Å²) in [5.74, 6) is -1.08. The third-order valence-electron chi connectivity index (χ3n) is 0. The number of carboxylic acid groups (broad SMARTS) is 2. The molecule has 8 heavy (non-hydrogen) atoms. The van der Waals surface area contributed by atoms with Gasteiger partial charge in [-0.2, -0.15) is 0 Å². The summed E-state index contributed by atoms with van der Waals surface area (Å²) in [6, 6.07) is 0. The van der Waals surface area contributed by atoms with Gasteiger partial charge in [0.1, 0.15) is 0 Å². The Hall–Kier alpha value is -0.320. The van der Waals surface area contributed by atoms with Crippen molar-refractivity contribution in [3.05, 3.63) is 0 Å². The summed E-state index contributed by atoms with van der Waals surface area (Å²) in [4.78, 5) is 17.2. The van der Waals surface area contributed by atoms with Crippen molar-refractivity contribution in [1.82, 2.24) is 0 Å². The van der Waals surface area contributed by atoms with Gasteiger partial charge < -0.3 is 15.0 Å². The zero-order valence-electron chi connectivity index (χ0n) is 4.05. The molecule has 0 aliphatic heterocycles. The molecule has 0 spiro atoms. The van der Waals surface area contributed by atoms with Crippen LogP contribution in [-0.4, -0.2) is 17.5 Å². The van der Waals surface area contributed by atoms with Crippen LogP contribution in [0.15, 0.2) is 0 Å². The second kappa shape index (κ2) is 15.9. The number of rotatable bonds is 0. The second-order valence-electron chi connectivity index (χ2n) is 0.597. The van der Waals surface area contributed by atoms with Crippen LogP contribution in [0.5, 0.6) is 0 Å². The van der Waals surface area contributed by atoms with Gasteiger partial charge >= 0.3 is 22.4 Å². The summed E-state index contributed by atoms with van der Waals surface area (Å²) in [5.41, 5.74) is 0. The fourth-order valence-electron chi connectivity index (χ4n) is 0. The van der Waals surface area contributed by atoms with Crippen molar-refractivity contribution >= 4 is 12.4 Å². The average molecular weight is 213 g/mol. The number of carbonyl (C=O) groups excluding carboxylic acids is 1. The maximum atomic E-state index is 8.89. The molecule has 0 saturated carbocycles. The fraction of sp³-hybridized carbons (Fsp3) is 0.333. The fourth-order valence-corrected chi connectivity index (χ4v) is 0. The van der Waals surface area contributed by atoms with Gasteiger partial charge in [-0.25, -0.2) is 0 Å². The van der Waals surface area contributed by atoms with E-state index in [2.05, 4.69) is 0 Å². The van der Waals surface area contributed by atoms with Gasteiger partial charge in [-0.3, -0.25) is 4.79 Å². The Morgan fingerprint density at radius 3 is 1.75 bits per heavy atom. The molecule has 0 heterocycles. The predicted molar refractivity (Wildman–Crippen MR) is 19.4 cm³/mol. The third kappa shape index (κ3) is 1220. The monoisotopic (exact) mass is 212 g/mol. The van der Waals surface area contributed by atoms with Crippen molar-refractivity contribution in [3.63, 3.8) is 0 Å². The quantitative estimate of drug-likeness (QED) is 0.390. The molecule has 0 aliphatic carbocycles. The normalized spacial score (nSPS) is 4.62. The maximum Gasteiger partial charge on any atom is 1.00 e. The molecule has 0 aromatic rings. The summed E-state index contributed by atoms with van der Waals surface area (Å²) in [5, 5.41) is 15.8. The van der Waals surface area contributed by atoms with E-state index < -0.39 is 5.97 Å².